The lowest BCUT2D eigenvalue weighted by Crippen LogP contribution is -2.34. The van der Waals surface area contributed by atoms with Crippen LogP contribution in [0.5, 0.6) is 0 Å². The van der Waals surface area contributed by atoms with Crippen LogP contribution in [0.25, 0.3) is 0 Å². The van der Waals surface area contributed by atoms with E-state index in [0.717, 1.165) is 12.1 Å². The fraction of sp³-hybridized carbons (Fsp3) is 0.462. The molecule has 0 spiro atoms. The Bertz CT molecular complexity index is 374. The van der Waals surface area contributed by atoms with E-state index in [1.54, 1.807) is 0 Å². The monoisotopic (exact) mass is 220 g/mol. The van der Waals surface area contributed by atoms with Crippen LogP contribution in [0.15, 0.2) is 18.2 Å². The minimum Gasteiger partial charge on any atom is -0.325 e. The van der Waals surface area contributed by atoms with Crippen molar-refractivity contribution in [1.29, 1.82) is 0 Å². The molecule has 0 fully saturated rings. The molecule has 88 valence electrons. The second kappa shape index (κ2) is 5.66. The van der Waals surface area contributed by atoms with Gasteiger partial charge in [-0.3, -0.25) is 4.79 Å². The highest BCUT2D eigenvalue weighted by Crippen LogP contribution is 2.16. The zero-order chi connectivity index (χ0) is 12.1. The molecule has 0 aliphatic rings. The van der Waals surface area contributed by atoms with E-state index in [1.165, 1.54) is 11.1 Å². The van der Waals surface area contributed by atoms with Crippen LogP contribution in [0.2, 0.25) is 0 Å². The number of anilines is 1. The van der Waals surface area contributed by atoms with E-state index in [9.17, 15) is 4.79 Å². The summed E-state index contributed by atoms with van der Waals surface area (Å²) in [5.41, 5.74) is 8.99. The Hall–Kier alpha value is -1.35. The van der Waals surface area contributed by atoms with Gasteiger partial charge in [0, 0.05) is 5.69 Å². The van der Waals surface area contributed by atoms with Gasteiger partial charge >= 0.3 is 0 Å². The molecule has 3 heteroatoms. The Labute approximate surface area is 97.0 Å². The highest BCUT2D eigenvalue weighted by atomic mass is 16.2. The van der Waals surface area contributed by atoms with E-state index >= 15 is 0 Å². The van der Waals surface area contributed by atoms with Crippen LogP contribution in [0.4, 0.5) is 5.69 Å². The van der Waals surface area contributed by atoms with Gasteiger partial charge in [-0.2, -0.15) is 0 Å². The van der Waals surface area contributed by atoms with Gasteiger partial charge in [0.15, 0.2) is 0 Å². The summed E-state index contributed by atoms with van der Waals surface area (Å²) in [5, 5.41) is 2.83. The summed E-state index contributed by atoms with van der Waals surface area (Å²) in [4.78, 5) is 11.6. The van der Waals surface area contributed by atoms with Crippen molar-refractivity contribution in [3.05, 3.63) is 29.3 Å². The summed E-state index contributed by atoms with van der Waals surface area (Å²) in [5.74, 6) is -0.117. The molecule has 3 nitrogen and oxygen atoms in total. The molecule has 0 unspecified atom stereocenters. The quantitative estimate of drug-likeness (QED) is 0.817. The zero-order valence-electron chi connectivity index (χ0n) is 10.2. The number of rotatable bonds is 4. The Morgan fingerprint density at radius 2 is 2.12 bits per heavy atom. The van der Waals surface area contributed by atoms with Crippen molar-refractivity contribution in [1.82, 2.24) is 0 Å². The third-order valence-corrected chi connectivity index (χ3v) is 2.77. The maximum absolute atomic E-state index is 11.6. The molecule has 3 N–H and O–H groups in total. The average molecular weight is 220 g/mol. The van der Waals surface area contributed by atoms with E-state index in [2.05, 4.69) is 19.2 Å². The largest absolute Gasteiger partial charge is 0.325 e. The Morgan fingerprint density at radius 3 is 2.69 bits per heavy atom. The van der Waals surface area contributed by atoms with Crippen LogP contribution >= 0.6 is 0 Å². The number of amides is 1. The van der Waals surface area contributed by atoms with Crippen LogP contribution in [0, 0.1) is 6.92 Å². The third kappa shape index (κ3) is 3.07. The van der Waals surface area contributed by atoms with E-state index in [0.29, 0.717) is 6.42 Å². The van der Waals surface area contributed by atoms with Crippen molar-refractivity contribution < 1.29 is 4.79 Å². The van der Waals surface area contributed by atoms with Crippen molar-refractivity contribution in [2.24, 2.45) is 5.73 Å². The first-order valence-electron chi connectivity index (χ1n) is 5.74. The molecule has 16 heavy (non-hydrogen) atoms. The molecule has 0 aromatic heterocycles. The molecular formula is C13H20N2O. The first kappa shape index (κ1) is 12.7. The fourth-order valence-corrected chi connectivity index (χ4v) is 1.55. The van der Waals surface area contributed by atoms with Gasteiger partial charge in [0.05, 0.1) is 6.04 Å². The number of nitrogens with two attached hydrogens (primary N) is 1. The third-order valence-electron chi connectivity index (χ3n) is 2.77. The summed E-state index contributed by atoms with van der Waals surface area (Å²) in [6.07, 6.45) is 1.62. The first-order valence-corrected chi connectivity index (χ1v) is 5.74. The summed E-state index contributed by atoms with van der Waals surface area (Å²) in [6, 6.07) is 5.52. The van der Waals surface area contributed by atoms with Gasteiger partial charge in [-0.05, 0) is 43.0 Å². The molecule has 0 heterocycles. The zero-order valence-corrected chi connectivity index (χ0v) is 10.2. The molecule has 1 rings (SSSR count). The van der Waals surface area contributed by atoms with Crippen LogP contribution in [-0.4, -0.2) is 11.9 Å². The highest BCUT2D eigenvalue weighted by Gasteiger charge is 2.11. The van der Waals surface area contributed by atoms with Crippen molar-refractivity contribution >= 4 is 11.6 Å². The summed E-state index contributed by atoms with van der Waals surface area (Å²) in [6.45, 7) is 6.07. The van der Waals surface area contributed by atoms with E-state index in [1.807, 2.05) is 25.1 Å². The minimum atomic E-state index is -0.425. The van der Waals surface area contributed by atoms with Crippen molar-refractivity contribution in [2.75, 3.05) is 5.32 Å². The summed E-state index contributed by atoms with van der Waals surface area (Å²) < 4.78 is 0. The lowest BCUT2D eigenvalue weighted by molar-refractivity contribution is -0.117. The van der Waals surface area contributed by atoms with Crippen molar-refractivity contribution in [3.63, 3.8) is 0 Å². The number of carbonyl (C=O) groups excluding carboxylic acids is 1. The molecule has 0 saturated heterocycles. The lowest BCUT2D eigenvalue weighted by Gasteiger charge is -2.12. The van der Waals surface area contributed by atoms with Gasteiger partial charge in [0.1, 0.15) is 0 Å². The van der Waals surface area contributed by atoms with Crippen LogP contribution in [0.3, 0.4) is 0 Å². The smallest absolute Gasteiger partial charge is 0.241 e. The molecule has 0 aliphatic heterocycles. The molecule has 0 saturated carbocycles. The molecule has 1 atom stereocenters. The van der Waals surface area contributed by atoms with Gasteiger partial charge < -0.3 is 11.1 Å². The molecule has 0 radical (unpaired) electrons. The number of carbonyl (C=O) groups is 1. The summed E-state index contributed by atoms with van der Waals surface area (Å²) >= 11 is 0. The Morgan fingerprint density at radius 1 is 1.44 bits per heavy atom. The van der Waals surface area contributed by atoms with E-state index in [-0.39, 0.29) is 5.91 Å². The number of aryl methyl sites for hydroxylation is 2. The van der Waals surface area contributed by atoms with Gasteiger partial charge in [-0.1, -0.05) is 19.9 Å². The second-order valence-electron chi connectivity index (χ2n) is 4.00. The van der Waals surface area contributed by atoms with Crippen molar-refractivity contribution in [3.8, 4) is 0 Å². The Balaban J connectivity index is 2.78. The van der Waals surface area contributed by atoms with Crippen molar-refractivity contribution in [2.45, 2.75) is 39.7 Å². The number of benzene rings is 1. The standard InChI is InChI=1S/C13H20N2O/c1-4-10-8-11(7-6-9(10)3)15-13(16)12(14)5-2/h6-8,12H,4-5,14H2,1-3H3,(H,15,16)/t12-/m0/s1. The number of nitrogens with one attached hydrogen (secondary N) is 1. The fourth-order valence-electron chi connectivity index (χ4n) is 1.55. The van der Waals surface area contributed by atoms with Gasteiger partial charge in [-0.15, -0.1) is 0 Å². The molecule has 1 aromatic rings. The van der Waals surface area contributed by atoms with Gasteiger partial charge in [0.2, 0.25) is 5.91 Å². The highest BCUT2D eigenvalue weighted by molar-refractivity contribution is 5.94. The Kier molecular flexibility index (Phi) is 4.50. The van der Waals surface area contributed by atoms with Crippen LogP contribution in [-0.2, 0) is 11.2 Å². The van der Waals surface area contributed by atoms with Crippen LogP contribution in [0.1, 0.15) is 31.4 Å². The predicted molar refractivity (Wildman–Crippen MR) is 67.5 cm³/mol. The molecule has 0 aliphatic carbocycles. The van der Waals surface area contributed by atoms with Gasteiger partial charge in [-0.25, -0.2) is 0 Å². The van der Waals surface area contributed by atoms with Gasteiger partial charge in [0.25, 0.3) is 0 Å². The van der Waals surface area contributed by atoms with E-state index in [4.69, 9.17) is 5.73 Å². The molecule has 1 aromatic carbocycles. The van der Waals surface area contributed by atoms with Crippen LogP contribution < -0.4 is 11.1 Å². The maximum atomic E-state index is 11.6. The number of hydrogen-bond acceptors (Lipinski definition) is 2. The topological polar surface area (TPSA) is 55.1 Å². The second-order valence-corrected chi connectivity index (χ2v) is 4.00. The molecule has 1 amide bonds. The SMILES string of the molecule is CCc1cc(NC(=O)[C@@H](N)CC)ccc1C. The summed E-state index contributed by atoms with van der Waals surface area (Å²) in [7, 11) is 0. The van der Waals surface area contributed by atoms with E-state index < -0.39 is 6.04 Å². The first-order chi connectivity index (χ1) is 7.58. The minimum absolute atomic E-state index is 0.117. The number of hydrogen-bond donors (Lipinski definition) is 2. The molecular weight excluding hydrogens is 200 g/mol. The maximum Gasteiger partial charge on any atom is 0.241 e. The molecule has 0 bridgehead atoms. The lowest BCUT2D eigenvalue weighted by atomic mass is 10.1. The predicted octanol–water partition coefficient (Wildman–Crippen LogP) is 2.23. The normalized spacial score (nSPS) is 12.2. The average Bonchev–Trinajstić information content (AvgIpc) is 2.30.